The number of aromatic nitrogens is 2. The lowest BCUT2D eigenvalue weighted by Crippen LogP contribution is -2.47. The standard InChI is InChI=1S/C30H39N5O3/c1-3-28(36)32-13-6-15-34-19-22(25-7-4-5-8-27(25)34)20-35(23-9-10-23)30(38)26-18-31-14-11-24(26)21-12-16-33(2)29(37)17-21/h4-5,7-8,12,16-17,19,23-24,26,31H,3,6,9-11,13-15,18,20H2,1-2H3,(H,32,36)/t24?,26-/m0/s1. The number of aryl methyl sites for hydroxylation is 2. The van der Waals surface area contributed by atoms with E-state index in [1.54, 1.807) is 17.7 Å². The molecule has 2 atom stereocenters. The Morgan fingerprint density at radius 2 is 1.97 bits per heavy atom. The summed E-state index contributed by atoms with van der Waals surface area (Å²) in [6.07, 6.45) is 8.27. The zero-order valence-corrected chi connectivity index (χ0v) is 22.5. The molecule has 3 heterocycles. The quantitative estimate of drug-likeness (QED) is 0.405. The van der Waals surface area contributed by atoms with Crippen molar-refractivity contribution in [2.75, 3.05) is 19.6 Å². The van der Waals surface area contributed by atoms with Crippen LogP contribution < -0.4 is 16.2 Å². The lowest BCUT2D eigenvalue weighted by molar-refractivity contribution is -0.138. The molecule has 202 valence electrons. The summed E-state index contributed by atoms with van der Waals surface area (Å²) >= 11 is 0. The maximum atomic E-state index is 14.1. The van der Waals surface area contributed by atoms with Crippen molar-refractivity contribution in [3.8, 4) is 0 Å². The summed E-state index contributed by atoms with van der Waals surface area (Å²) in [5.74, 6) is 0.114. The van der Waals surface area contributed by atoms with Gasteiger partial charge in [-0.05, 0) is 61.4 Å². The van der Waals surface area contributed by atoms with Crippen LogP contribution in [0.3, 0.4) is 0 Å². The molecule has 1 aliphatic carbocycles. The van der Waals surface area contributed by atoms with Gasteiger partial charge in [0.25, 0.3) is 5.56 Å². The van der Waals surface area contributed by atoms with Crippen molar-refractivity contribution in [2.45, 2.75) is 64.1 Å². The Morgan fingerprint density at radius 1 is 1.16 bits per heavy atom. The molecule has 8 nitrogen and oxygen atoms in total. The zero-order valence-electron chi connectivity index (χ0n) is 22.5. The number of piperidine rings is 1. The normalized spacial score (nSPS) is 19.4. The number of carbonyl (C=O) groups excluding carboxylic acids is 2. The predicted molar refractivity (Wildman–Crippen MR) is 149 cm³/mol. The smallest absolute Gasteiger partial charge is 0.250 e. The third kappa shape index (κ3) is 5.70. The van der Waals surface area contributed by atoms with E-state index in [1.165, 1.54) is 5.39 Å². The van der Waals surface area contributed by atoms with Gasteiger partial charge in [-0.25, -0.2) is 0 Å². The van der Waals surface area contributed by atoms with Gasteiger partial charge in [-0.2, -0.15) is 0 Å². The molecule has 2 amide bonds. The van der Waals surface area contributed by atoms with Gasteiger partial charge in [0.1, 0.15) is 0 Å². The summed E-state index contributed by atoms with van der Waals surface area (Å²) < 4.78 is 3.83. The minimum Gasteiger partial charge on any atom is -0.356 e. The fourth-order valence-corrected chi connectivity index (χ4v) is 5.72. The van der Waals surface area contributed by atoms with E-state index in [1.807, 2.05) is 25.3 Å². The summed E-state index contributed by atoms with van der Waals surface area (Å²) in [6.45, 7) is 5.38. The molecule has 0 radical (unpaired) electrons. The number of hydrogen-bond donors (Lipinski definition) is 2. The number of para-hydroxylation sites is 1. The molecular formula is C30H39N5O3. The maximum absolute atomic E-state index is 14.1. The molecule has 2 N–H and O–H groups in total. The minimum absolute atomic E-state index is 0.0339. The molecule has 1 saturated heterocycles. The second-order valence-corrected chi connectivity index (χ2v) is 10.7. The van der Waals surface area contributed by atoms with Gasteiger partial charge in [-0.1, -0.05) is 25.1 Å². The van der Waals surface area contributed by atoms with Gasteiger partial charge in [0, 0.05) is 75.1 Å². The second kappa shape index (κ2) is 11.6. The van der Waals surface area contributed by atoms with Gasteiger partial charge in [0.15, 0.2) is 0 Å². The zero-order chi connectivity index (χ0) is 26.6. The van der Waals surface area contributed by atoms with Gasteiger partial charge in [-0.3, -0.25) is 14.4 Å². The molecule has 8 heteroatoms. The van der Waals surface area contributed by atoms with Crippen molar-refractivity contribution in [3.05, 3.63) is 70.3 Å². The number of nitrogens with zero attached hydrogens (tertiary/aromatic N) is 3. The summed E-state index contributed by atoms with van der Waals surface area (Å²) in [5, 5.41) is 7.56. The first-order valence-electron chi connectivity index (χ1n) is 14.0. The van der Waals surface area contributed by atoms with Crippen molar-refractivity contribution in [1.29, 1.82) is 0 Å². The molecule has 0 bridgehead atoms. The van der Waals surface area contributed by atoms with E-state index in [0.717, 1.165) is 55.4 Å². The molecule has 1 aromatic carbocycles. The number of pyridine rings is 1. The Morgan fingerprint density at radius 3 is 2.74 bits per heavy atom. The Hall–Kier alpha value is -3.39. The van der Waals surface area contributed by atoms with Crippen LogP contribution in [-0.4, -0.2) is 51.5 Å². The van der Waals surface area contributed by atoms with Crippen LogP contribution in [-0.2, 0) is 29.7 Å². The van der Waals surface area contributed by atoms with Crippen LogP contribution in [0.4, 0.5) is 0 Å². The first kappa shape index (κ1) is 26.2. The average molecular weight is 518 g/mol. The Labute approximate surface area is 224 Å². The van der Waals surface area contributed by atoms with Gasteiger partial charge < -0.3 is 24.7 Å². The van der Waals surface area contributed by atoms with Crippen LogP contribution in [0.15, 0.2) is 53.6 Å². The molecule has 1 aliphatic heterocycles. The lowest BCUT2D eigenvalue weighted by atomic mass is 9.80. The number of benzene rings is 1. The third-order valence-electron chi connectivity index (χ3n) is 8.06. The highest BCUT2D eigenvalue weighted by Crippen LogP contribution is 2.36. The van der Waals surface area contributed by atoms with Gasteiger partial charge in [0.2, 0.25) is 11.8 Å². The lowest BCUT2D eigenvalue weighted by Gasteiger charge is -2.35. The highest BCUT2D eigenvalue weighted by atomic mass is 16.2. The van der Waals surface area contributed by atoms with Crippen molar-refractivity contribution in [1.82, 2.24) is 24.7 Å². The highest BCUT2D eigenvalue weighted by molar-refractivity contribution is 5.85. The first-order valence-corrected chi connectivity index (χ1v) is 14.0. The molecule has 1 saturated carbocycles. The highest BCUT2D eigenvalue weighted by Gasteiger charge is 2.40. The number of hydrogen-bond acceptors (Lipinski definition) is 4. The average Bonchev–Trinajstić information content (AvgIpc) is 3.73. The number of amides is 2. The predicted octanol–water partition coefficient (Wildman–Crippen LogP) is 3.14. The Kier molecular flexibility index (Phi) is 7.98. The number of nitrogens with one attached hydrogen (secondary N) is 2. The third-order valence-corrected chi connectivity index (χ3v) is 8.06. The monoisotopic (exact) mass is 517 g/mol. The molecular weight excluding hydrogens is 478 g/mol. The van der Waals surface area contributed by atoms with E-state index in [4.69, 9.17) is 0 Å². The van der Waals surface area contributed by atoms with Crippen LogP contribution in [0, 0.1) is 5.92 Å². The molecule has 38 heavy (non-hydrogen) atoms. The van der Waals surface area contributed by atoms with Crippen molar-refractivity contribution < 1.29 is 9.59 Å². The van der Waals surface area contributed by atoms with Gasteiger partial charge in [0.05, 0.1) is 5.92 Å². The molecule has 0 spiro atoms. The minimum atomic E-state index is -0.188. The fourth-order valence-electron chi connectivity index (χ4n) is 5.72. The molecule has 2 fully saturated rings. The summed E-state index contributed by atoms with van der Waals surface area (Å²) in [5.41, 5.74) is 3.25. The van der Waals surface area contributed by atoms with Gasteiger partial charge >= 0.3 is 0 Å². The topological polar surface area (TPSA) is 88.4 Å². The number of fused-ring (bicyclic) bond motifs is 1. The van der Waals surface area contributed by atoms with Crippen LogP contribution in [0.2, 0.25) is 0 Å². The second-order valence-electron chi connectivity index (χ2n) is 10.7. The summed E-state index contributed by atoms with van der Waals surface area (Å²) in [4.78, 5) is 40.2. The van der Waals surface area contributed by atoms with Crippen LogP contribution in [0.25, 0.3) is 10.9 Å². The van der Waals surface area contributed by atoms with E-state index < -0.39 is 0 Å². The van der Waals surface area contributed by atoms with E-state index in [0.29, 0.717) is 26.1 Å². The number of rotatable bonds is 10. The Bertz CT molecular complexity index is 1360. The van der Waals surface area contributed by atoms with E-state index in [-0.39, 0.29) is 35.3 Å². The SMILES string of the molecule is CCC(=O)NCCCn1cc(CN(C(=O)[C@H]2CNCCC2c2ccn(C)c(=O)c2)C2CC2)c2ccccc21. The molecule has 5 rings (SSSR count). The van der Waals surface area contributed by atoms with Crippen LogP contribution >= 0.6 is 0 Å². The molecule has 1 unspecified atom stereocenters. The van der Waals surface area contributed by atoms with E-state index in [9.17, 15) is 14.4 Å². The molecule has 2 aromatic heterocycles. The number of carbonyl (C=O) groups is 2. The summed E-state index contributed by atoms with van der Waals surface area (Å²) in [7, 11) is 1.75. The van der Waals surface area contributed by atoms with Crippen molar-refractivity contribution in [2.24, 2.45) is 13.0 Å². The van der Waals surface area contributed by atoms with Crippen molar-refractivity contribution >= 4 is 22.7 Å². The van der Waals surface area contributed by atoms with Crippen LogP contribution in [0.1, 0.15) is 56.1 Å². The molecule has 3 aromatic rings. The first-order chi connectivity index (χ1) is 18.5. The maximum Gasteiger partial charge on any atom is 0.250 e. The van der Waals surface area contributed by atoms with Gasteiger partial charge in [-0.15, -0.1) is 0 Å². The van der Waals surface area contributed by atoms with Crippen molar-refractivity contribution in [3.63, 3.8) is 0 Å². The largest absolute Gasteiger partial charge is 0.356 e. The fraction of sp³-hybridized carbons (Fsp3) is 0.500. The van der Waals surface area contributed by atoms with Crippen LogP contribution in [0.5, 0.6) is 0 Å². The summed E-state index contributed by atoms with van der Waals surface area (Å²) in [6, 6.07) is 12.3. The molecule has 2 aliphatic rings. The Balaban J connectivity index is 1.36. The van der Waals surface area contributed by atoms with E-state index in [2.05, 4.69) is 44.5 Å². The van der Waals surface area contributed by atoms with E-state index >= 15 is 0 Å².